The average Bonchev–Trinajstić information content (AvgIpc) is 3.05. The zero-order valence-electron chi connectivity index (χ0n) is 10.3. The van der Waals surface area contributed by atoms with E-state index in [1.807, 2.05) is 6.92 Å². The minimum atomic E-state index is -3.53. The number of sulfonamides is 1. The molecule has 0 radical (unpaired) electrons. The molecule has 19 heavy (non-hydrogen) atoms. The van der Waals surface area contributed by atoms with Gasteiger partial charge in [0, 0.05) is 16.8 Å². The molecular formula is C10H14N4O3S2. The first-order valence-electron chi connectivity index (χ1n) is 5.65. The number of rotatable bonds is 7. The third-order valence-electron chi connectivity index (χ3n) is 2.32. The lowest BCUT2D eigenvalue weighted by Crippen LogP contribution is -2.23. The monoisotopic (exact) mass is 302 g/mol. The molecule has 0 aliphatic carbocycles. The highest BCUT2D eigenvalue weighted by Crippen LogP contribution is 2.19. The molecule has 0 saturated carbocycles. The molecule has 0 aliphatic heterocycles. The summed E-state index contributed by atoms with van der Waals surface area (Å²) in [5.74, 6) is 0.298. The van der Waals surface area contributed by atoms with Crippen molar-refractivity contribution in [2.24, 2.45) is 0 Å². The molecule has 0 aliphatic rings. The maximum atomic E-state index is 12.0. The lowest BCUT2D eigenvalue weighted by Gasteiger charge is -2.01. The quantitative estimate of drug-likeness (QED) is 0.782. The van der Waals surface area contributed by atoms with Gasteiger partial charge in [0.1, 0.15) is 0 Å². The summed E-state index contributed by atoms with van der Waals surface area (Å²) in [6.07, 6.45) is 1.16. The van der Waals surface area contributed by atoms with Crippen molar-refractivity contribution in [3.05, 3.63) is 28.5 Å². The molecule has 0 unspecified atom stereocenters. The molecule has 0 fully saturated rings. The number of hydrogen-bond acceptors (Lipinski definition) is 7. The lowest BCUT2D eigenvalue weighted by molar-refractivity contribution is 0.409. The van der Waals surface area contributed by atoms with E-state index in [0.717, 1.165) is 17.8 Å². The summed E-state index contributed by atoms with van der Waals surface area (Å²) in [5.41, 5.74) is 0. The van der Waals surface area contributed by atoms with Crippen LogP contribution in [0.3, 0.4) is 0 Å². The highest BCUT2D eigenvalue weighted by molar-refractivity contribution is 7.89. The van der Waals surface area contributed by atoms with E-state index in [4.69, 9.17) is 0 Å². The van der Waals surface area contributed by atoms with E-state index in [9.17, 15) is 8.42 Å². The normalized spacial score (nSPS) is 11.8. The Bertz CT molecular complexity index is 607. The van der Waals surface area contributed by atoms with E-state index in [-0.39, 0.29) is 11.4 Å². The van der Waals surface area contributed by atoms with Crippen LogP contribution in [0.2, 0.25) is 0 Å². The Morgan fingerprint density at radius 3 is 2.95 bits per heavy atom. The van der Waals surface area contributed by atoms with Gasteiger partial charge in [0.05, 0.1) is 11.4 Å². The molecule has 2 aromatic heterocycles. The molecule has 0 atom stereocenters. The van der Waals surface area contributed by atoms with E-state index in [1.54, 1.807) is 11.4 Å². The molecule has 104 valence electrons. The smallest absolute Gasteiger partial charge is 0.241 e. The van der Waals surface area contributed by atoms with Crippen molar-refractivity contribution < 1.29 is 12.9 Å². The van der Waals surface area contributed by atoms with Crippen molar-refractivity contribution in [3.8, 4) is 0 Å². The zero-order valence-corrected chi connectivity index (χ0v) is 11.9. The fourth-order valence-corrected chi connectivity index (χ4v) is 3.58. The predicted molar refractivity (Wildman–Crippen MR) is 70.0 cm³/mol. The van der Waals surface area contributed by atoms with Crippen LogP contribution >= 0.6 is 11.3 Å². The molecule has 0 amide bonds. The van der Waals surface area contributed by atoms with E-state index in [2.05, 4.69) is 24.7 Å². The molecule has 0 saturated heterocycles. The molecule has 7 nitrogen and oxygen atoms in total. The average molecular weight is 302 g/mol. The van der Waals surface area contributed by atoms with Crippen molar-refractivity contribution in [2.75, 3.05) is 6.54 Å². The summed E-state index contributed by atoms with van der Waals surface area (Å²) in [6, 6.07) is 1.66. The van der Waals surface area contributed by atoms with Gasteiger partial charge in [-0.2, -0.15) is 4.98 Å². The maximum Gasteiger partial charge on any atom is 0.241 e. The number of hydrogen-bond donors (Lipinski definition) is 2. The van der Waals surface area contributed by atoms with Gasteiger partial charge in [-0.3, -0.25) is 0 Å². The van der Waals surface area contributed by atoms with Crippen LogP contribution < -0.4 is 10.0 Å². The second kappa shape index (κ2) is 6.24. The fourth-order valence-electron chi connectivity index (χ4n) is 1.36. The van der Waals surface area contributed by atoms with E-state index < -0.39 is 10.0 Å². The van der Waals surface area contributed by atoms with Crippen LogP contribution in [0, 0.1) is 0 Å². The number of nitrogens with zero attached hydrogens (tertiary/aromatic N) is 2. The van der Waals surface area contributed by atoms with Gasteiger partial charge < -0.3 is 9.84 Å². The van der Waals surface area contributed by atoms with Gasteiger partial charge in [-0.1, -0.05) is 12.1 Å². The maximum absolute atomic E-state index is 12.0. The Kier molecular flexibility index (Phi) is 4.64. The molecule has 0 spiro atoms. The largest absolute Gasteiger partial charge is 0.343 e. The Morgan fingerprint density at radius 2 is 2.26 bits per heavy atom. The molecule has 2 heterocycles. The van der Waals surface area contributed by atoms with Crippen LogP contribution in [0.25, 0.3) is 0 Å². The molecule has 9 heteroatoms. The summed E-state index contributed by atoms with van der Waals surface area (Å²) in [5, 5.41) is 8.30. The van der Waals surface area contributed by atoms with Gasteiger partial charge in [0.2, 0.25) is 16.4 Å². The van der Waals surface area contributed by atoms with E-state index in [1.165, 1.54) is 11.3 Å². The molecule has 0 bridgehead atoms. The first-order valence-corrected chi connectivity index (χ1v) is 8.01. The van der Waals surface area contributed by atoms with Crippen LogP contribution in [0.15, 0.2) is 27.3 Å². The second-order valence-corrected chi connectivity index (χ2v) is 6.46. The van der Waals surface area contributed by atoms with Crippen molar-refractivity contribution in [1.29, 1.82) is 0 Å². The second-order valence-electron chi connectivity index (χ2n) is 3.70. The zero-order chi connectivity index (χ0) is 13.7. The van der Waals surface area contributed by atoms with Crippen LogP contribution in [-0.2, 0) is 23.1 Å². The standard InChI is InChI=1S/C10H14N4O3S2/c1-2-11-4-8-3-9(6-18-8)19(15,16)13-5-10-12-7-17-14-10/h3,6-7,11,13H,2,4-5H2,1H3. The number of thiophene rings is 1. The molecular weight excluding hydrogens is 288 g/mol. The van der Waals surface area contributed by atoms with Crippen molar-refractivity contribution in [2.45, 2.75) is 24.9 Å². The molecule has 2 aromatic rings. The Hall–Kier alpha value is -1.29. The van der Waals surface area contributed by atoms with Gasteiger partial charge in [-0.25, -0.2) is 13.1 Å². The Labute approximate surface area is 115 Å². The van der Waals surface area contributed by atoms with Crippen LogP contribution in [0.1, 0.15) is 17.6 Å². The van der Waals surface area contributed by atoms with Gasteiger partial charge in [-0.05, 0) is 12.6 Å². The third-order valence-corrected chi connectivity index (χ3v) is 4.78. The Morgan fingerprint density at radius 1 is 1.42 bits per heavy atom. The van der Waals surface area contributed by atoms with Crippen molar-refractivity contribution in [1.82, 2.24) is 20.2 Å². The van der Waals surface area contributed by atoms with Crippen molar-refractivity contribution >= 4 is 21.4 Å². The van der Waals surface area contributed by atoms with Crippen LogP contribution in [0.4, 0.5) is 0 Å². The lowest BCUT2D eigenvalue weighted by atomic mass is 10.4. The van der Waals surface area contributed by atoms with E-state index in [0.29, 0.717) is 12.4 Å². The summed E-state index contributed by atoms with van der Waals surface area (Å²) >= 11 is 1.41. The summed E-state index contributed by atoms with van der Waals surface area (Å²) in [4.78, 5) is 4.98. The molecule has 2 N–H and O–H groups in total. The van der Waals surface area contributed by atoms with Gasteiger partial charge in [-0.15, -0.1) is 11.3 Å². The van der Waals surface area contributed by atoms with Crippen molar-refractivity contribution in [3.63, 3.8) is 0 Å². The Balaban J connectivity index is 2.00. The van der Waals surface area contributed by atoms with Gasteiger partial charge >= 0.3 is 0 Å². The molecule has 2 rings (SSSR count). The fraction of sp³-hybridized carbons (Fsp3) is 0.400. The number of nitrogens with one attached hydrogen (secondary N) is 2. The van der Waals surface area contributed by atoms with E-state index >= 15 is 0 Å². The first kappa shape index (κ1) is 14.1. The predicted octanol–water partition coefficient (Wildman–Crippen LogP) is 0.719. The first-order chi connectivity index (χ1) is 9.12. The minimum Gasteiger partial charge on any atom is -0.343 e. The van der Waals surface area contributed by atoms with Gasteiger partial charge in [0.15, 0.2) is 5.82 Å². The highest BCUT2D eigenvalue weighted by Gasteiger charge is 2.16. The summed E-state index contributed by atoms with van der Waals surface area (Å²) in [6.45, 7) is 3.52. The summed E-state index contributed by atoms with van der Waals surface area (Å²) in [7, 11) is -3.53. The minimum absolute atomic E-state index is 0.0111. The van der Waals surface area contributed by atoms with Crippen LogP contribution in [-0.4, -0.2) is 25.1 Å². The topological polar surface area (TPSA) is 97.1 Å². The van der Waals surface area contributed by atoms with Crippen LogP contribution in [0.5, 0.6) is 0 Å². The van der Waals surface area contributed by atoms with Gasteiger partial charge in [0.25, 0.3) is 0 Å². The summed E-state index contributed by atoms with van der Waals surface area (Å²) < 4.78 is 31.0. The number of aromatic nitrogens is 2. The molecule has 0 aromatic carbocycles. The third kappa shape index (κ3) is 3.83. The highest BCUT2D eigenvalue weighted by atomic mass is 32.2. The SMILES string of the molecule is CCNCc1cc(S(=O)(=O)NCc2ncon2)cs1.